The number of nitrogens with zero attached hydrogens (tertiary/aromatic N) is 1. The average Bonchev–Trinajstić information content (AvgIpc) is 2.40. The summed E-state index contributed by atoms with van der Waals surface area (Å²) in [5.41, 5.74) is 0.132. The number of hydrogen-bond acceptors (Lipinski definition) is 3. The van der Waals surface area contributed by atoms with Gasteiger partial charge >= 0.3 is 0 Å². The molecule has 0 heterocycles. The first-order valence-corrected chi connectivity index (χ1v) is 8.53. The lowest BCUT2D eigenvalue weighted by Crippen LogP contribution is -2.38. The number of hydrogen-bond donors (Lipinski definition) is 0. The fourth-order valence-electron chi connectivity index (χ4n) is 1.64. The van der Waals surface area contributed by atoms with Crippen molar-refractivity contribution in [3.8, 4) is 0 Å². The molecule has 0 radical (unpaired) electrons. The second-order valence-electron chi connectivity index (χ2n) is 4.34. The highest BCUT2D eigenvalue weighted by molar-refractivity contribution is 9.10. The first-order valence-electron chi connectivity index (χ1n) is 5.76. The Balaban J connectivity index is 3.32. The van der Waals surface area contributed by atoms with Crippen molar-refractivity contribution in [2.75, 3.05) is 20.8 Å². The Labute approximate surface area is 132 Å². The van der Waals surface area contributed by atoms with Crippen LogP contribution < -0.4 is 0 Å². The molecule has 1 atom stereocenters. The number of likely N-dealkylation sites (N-methyl/N-ethyl adjacent to an activating group) is 1. The van der Waals surface area contributed by atoms with Crippen molar-refractivity contribution in [1.29, 1.82) is 0 Å². The quantitative estimate of drug-likeness (QED) is 0.704. The maximum absolute atomic E-state index is 14.2. The number of alkyl halides is 1. The lowest BCUT2D eigenvalue weighted by atomic mass is 10.2. The fourth-order valence-corrected chi connectivity index (χ4v) is 3.97. The number of methoxy groups -OCH3 is 1. The van der Waals surface area contributed by atoms with Crippen molar-refractivity contribution in [2.45, 2.75) is 23.7 Å². The second kappa shape index (κ2) is 7.17. The Morgan fingerprint density at radius 1 is 1.50 bits per heavy atom. The third kappa shape index (κ3) is 3.71. The maximum Gasteiger partial charge on any atom is 0.246 e. The highest BCUT2D eigenvalue weighted by Gasteiger charge is 2.29. The highest BCUT2D eigenvalue weighted by atomic mass is 79.9. The molecule has 1 aromatic rings. The van der Waals surface area contributed by atoms with Gasteiger partial charge in [-0.3, -0.25) is 0 Å². The molecule has 114 valence electrons. The summed E-state index contributed by atoms with van der Waals surface area (Å²) in [5, 5.41) is 0. The molecule has 0 fully saturated rings. The topological polar surface area (TPSA) is 46.6 Å². The second-order valence-corrected chi connectivity index (χ2v) is 7.49. The van der Waals surface area contributed by atoms with E-state index in [1.807, 2.05) is 0 Å². The number of halogens is 3. The van der Waals surface area contributed by atoms with E-state index in [-0.39, 0.29) is 18.1 Å². The van der Waals surface area contributed by atoms with Crippen LogP contribution in [-0.2, 0) is 20.6 Å². The lowest BCUT2D eigenvalue weighted by molar-refractivity contribution is 0.149. The largest absolute Gasteiger partial charge is 0.383 e. The van der Waals surface area contributed by atoms with Crippen molar-refractivity contribution in [3.63, 3.8) is 0 Å². The number of ether oxygens (including phenoxy) is 1. The van der Waals surface area contributed by atoms with Crippen LogP contribution >= 0.6 is 27.5 Å². The summed E-state index contributed by atoms with van der Waals surface area (Å²) < 4.78 is 45.6. The molecule has 0 saturated carbocycles. The summed E-state index contributed by atoms with van der Waals surface area (Å²) in [5.74, 6) is -0.926. The van der Waals surface area contributed by atoms with E-state index in [0.717, 1.165) is 4.31 Å². The van der Waals surface area contributed by atoms with E-state index in [4.69, 9.17) is 16.3 Å². The van der Waals surface area contributed by atoms with Crippen molar-refractivity contribution < 1.29 is 17.5 Å². The van der Waals surface area contributed by atoms with E-state index in [1.54, 1.807) is 6.92 Å². The molecule has 1 aromatic carbocycles. The van der Waals surface area contributed by atoms with Crippen LogP contribution in [0.25, 0.3) is 0 Å². The van der Waals surface area contributed by atoms with Crippen LogP contribution in [0.4, 0.5) is 4.39 Å². The van der Waals surface area contributed by atoms with Gasteiger partial charge in [-0.15, -0.1) is 11.6 Å². The van der Waals surface area contributed by atoms with Crippen LogP contribution in [0.1, 0.15) is 12.5 Å². The minimum atomic E-state index is -3.96. The first kappa shape index (κ1) is 17.8. The molecule has 0 aromatic heterocycles. The Kier molecular flexibility index (Phi) is 6.40. The monoisotopic (exact) mass is 387 g/mol. The van der Waals surface area contributed by atoms with Gasteiger partial charge in [0.25, 0.3) is 0 Å². The summed E-state index contributed by atoms with van der Waals surface area (Å²) in [6, 6.07) is 2.28. The smallest absolute Gasteiger partial charge is 0.246 e. The van der Waals surface area contributed by atoms with E-state index >= 15 is 0 Å². The van der Waals surface area contributed by atoms with E-state index < -0.39 is 26.8 Å². The van der Waals surface area contributed by atoms with Gasteiger partial charge in [-0.1, -0.05) is 15.9 Å². The normalized spacial score (nSPS) is 13.8. The van der Waals surface area contributed by atoms with Crippen LogP contribution in [0, 0.1) is 5.82 Å². The van der Waals surface area contributed by atoms with Gasteiger partial charge < -0.3 is 4.74 Å². The van der Waals surface area contributed by atoms with Gasteiger partial charge in [-0.25, -0.2) is 12.8 Å². The van der Waals surface area contributed by atoms with Crippen molar-refractivity contribution >= 4 is 37.6 Å². The molecule has 4 nitrogen and oxygen atoms in total. The predicted octanol–water partition coefficient (Wildman–Crippen LogP) is 2.98. The minimum absolute atomic E-state index is 0.106. The van der Waals surface area contributed by atoms with Gasteiger partial charge in [0.2, 0.25) is 10.0 Å². The summed E-state index contributed by atoms with van der Waals surface area (Å²) in [7, 11) is -1.09. The molecule has 0 aliphatic rings. The Morgan fingerprint density at radius 2 is 2.10 bits per heavy atom. The van der Waals surface area contributed by atoms with Crippen molar-refractivity contribution in [3.05, 3.63) is 28.0 Å². The summed E-state index contributed by atoms with van der Waals surface area (Å²) in [4.78, 5) is -0.395. The molecule has 0 bridgehead atoms. The van der Waals surface area contributed by atoms with Crippen LogP contribution in [-0.4, -0.2) is 39.5 Å². The van der Waals surface area contributed by atoms with Gasteiger partial charge in [-0.2, -0.15) is 4.31 Å². The molecule has 0 amide bonds. The van der Waals surface area contributed by atoms with Gasteiger partial charge in [-0.05, 0) is 19.1 Å². The number of sulfonamides is 1. The maximum atomic E-state index is 14.2. The summed E-state index contributed by atoms with van der Waals surface area (Å²) in [6.07, 6.45) is 0. The summed E-state index contributed by atoms with van der Waals surface area (Å²) >= 11 is 8.79. The molecule has 20 heavy (non-hydrogen) atoms. The van der Waals surface area contributed by atoms with Crippen molar-refractivity contribution in [2.24, 2.45) is 0 Å². The number of benzene rings is 1. The molecule has 1 rings (SSSR count). The van der Waals surface area contributed by atoms with Gasteiger partial charge in [0.1, 0.15) is 10.7 Å². The van der Waals surface area contributed by atoms with E-state index in [2.05, 4.69) is 15.9 Å². The SMILES string of the molecule is COCC(C)N(C)S(=O)(=O)c1cc(Br)cc(CCl)c1F. The van der Waals surface area contributed by atoms with E-state index in [0.29, 0.717) is 4.47 Å². The standard InChI is InChI=1S/C12H16BrClFNO3S/c1-8(7-19-3)16(2)20(17,18)11-5-10(13)4-9(6-14)12(11)15/h4-5,8H,6-7H2,1-3H3. The molecule has 8 heteroatoms. The molecule has 0 saturated heterocycles. The minimum Gasteiger partial charge on any atom is -0.383 e. The Morgan fingerprint density at radius 3 is 2.60 bits per heavy atom. The van der Waals surface area contributed by atoms with Crippen molar-refractivity contribution in [1.82, 2.24) is 4.31 Å². The molecule has 1 unspecified atom stereocenters. The zero-order valence-electron chi connectivity index (χ0n) is 11.4. The van der Waals surface area contributed by atoms with Gasteiger partial charge in [0.15, 0.2) is 0 Å². The molecule has 0 aliphatic carbocycles. The lowest BCUT2D eigenvalue weighted by Gasteiger charge is -2.24. The zero-order chi connectivity index (χ0) is 15.5. The molecule has 0 N–H and O–H groups in total. The molecular weight excluding hydrogens is 373 g/mol. The highest BCUT2D eigenvalue weighted by Crippen LogP contribution is 2.27. The Bertz CT molecular complexity index is 582. The molecular formula is C12H16BrClFNO3S. The van der Waals surface area contributed by atoms with E-state index in [1.165, 1.54) is 26.3 Å². The fraction of sp³-hybridized carbons (Fsp3) is 0.500. The third-order valence-electron chi connectivity index (χ3n) is 2.91. The number of rotatable bonds is 6. The van der Waals surface area contributed by atoms with E-state index in [9.17, 15) is 12.8 Å². The van der Waals surface area contributed by atoms with Gasteiger partial charge in [0, 0.05) is 30.2 Å². The van der Waals surface area contributed by atoms with Crippen LogP contribution in [0.15, 0.2) is 21.5 Å². The zero-order valence-corrected chi connectivity index (χ0v) is 14.5. The van der Waals surface area contributed by atoms with Crippen LogP contribution in [0.2, 0.25) is 0 Å². The average molecular weight is 389 g/mol. The van der Waals surface area contributed by atoms with Gasteiger partial charge in [0.05, 0.1) is 12.5 Å². The summed E-state index contributed by atoms with van der Waals surface area (Å²) in [6.45, 7) is 1.90. The molecule has 0 spiro atoms. The Hall–Kier alpha value is -0.210. The first-order chi connectivity index (χ1) is 9.25. The predicted molar refractivity (Wildman–Crippen MR) is 79.9 cm³/mol. The third-order valence-corrected chi connectivity index (χ3v) is 5.63. The van der Waals surface area contributed by atoms with Crippen LogP contribution in [0.5, 0.6) is 0 Å². The van der Waals surface area contributed by atoms with Crippen LogP contribution in [0.3, 0.4) is 0 Å². The molecule has 0 aliphatic heterocycles.